The Morgan fingerprint density at radius 1 is 1.21 bits per heavy atom. The first-order chi connectivity index (χ1) is 9.16. The predicted octanol–water partition coefficient (Wildman–Crippen LogP) is 2.96. The molecule has 3 rings (SSSR count). The van der Waals surface area contributed by atoms with Crippen LogP contribution in [0.5, 0.6) is 0 Å². The van der Waals surface area contributed by atoms with E-state index in [-0.39, 0.29) is 11.3 Å². The van der Waals surface area contributed by atoms with Gasteiger partial charge in [-0.3, -0.25) is 10.1 Å². The van der Waals surface area contributed by atoms with Crippen molar-refractivity contribution in [3.05, 3.63) is 57.7 Å². The standard InChI is InChI=1S/C12H7ClN4O2/c13-9-5-2-1-4-8(9)11-14-12-10(17(18)19)6-3-7-16(12)15-11/h1-7H. The summed E-state index contributed by atoms with van der Waals surface area (Å²) in [5.74, 6) is 0.361. The molecule has 0 radical (unpaired) electrons. The first-order valence-corrected chi connectivity index (χ1v) is 5.79. The van der Waals surface area contributed by atoms with Crippen molar-refractivity contribution in [2.45, 2.75) is 0 Å². The molecule has 7 heteroatoms. The fourth-order valence-electron chi connectivity index (χ4n) is 1.79. The van der Waals surface area contributed by atoms with Gasteiger partial charge in [0.2, 0.25) is 5.65 Å². The Morgan fingerprint density at radius 3 is 2.74 bits per heavy atom. The van der Waals surface area contributed by atoms with Gasteiger partial charge in [-0.2, -0.15) is 0 Å². The zero-order chi connectivity index (χ0) is 13.4. The van der Waals surface area contributed by atoms with Crippen molar-refractivity contribution in [3.63, 3.8) is 0 Å². The summed E-state index contributed by atoms with van der Waals surface area (Å²) in [4.78, 5) is 14.6. The van der Waals surface area contributed by atoms with E-state index in [1.807, 2.05) is 0 Å². The third-order valence-corrected chi connectivity index (χ3v) is 2.98. The zero-order valence-electron chi connectivity index (χ0n) is 9.52. The SMILES string of the molecule is O=[N+]([O-])c1cccn2nc(-c3ccccc3Cl)nc12. The van der Waals surface area contributed by atoms with E-state index in [2.05, 4.69) is 10.1 Å². The molecular weight excluding hydrogens is 268 g/mol. The molecule has 2 aromatic heterocycles. The number of hydrogen-bond acceptors (Lipinski definition) is 4. The van der Waals surface area contributed by atoms with E-state index >= 15 is 0 Å². The van der Waals surface area contributed by atoms with Gasteiger partial charge in [0, 0.05) is 17.8 Å². The molecule has 0 fully saturated rings. The third-order valence-electron chi connectivity index (χ3n) is 2.65. The Morgan fingerprint density at radius 2 is 2.00 bits per heavy atom. The molecule has 3 aromatic rings. The van der Waals surface area contributed by atoms with Gasteiger partial charge in [0.1, 0.15) is 0 Å². The van der Waals surface area contributed by atoms with Crippen LogP contribution in [-0.2, 0) is 0 Å². The highest BCUT2D eigenvalue weighted by atomic mass is 35.5. The lowest BCUT2D eigenvalue weighted by Gasteiger charge is -1.96. The molecule has 0 aliphatic carbocycles. The maximum atomic E-state index is 10.9. The third kappa shape index (κ3) is 1.92. The average Bonchev–Trinajstić information content (AvgIpc) is 2.82. The van der Waals surface area contributed by atoms with Crippen LogP contribution >= 0.6 is 11.6 Å². The Labute approximate surface area is 112 Å². The molecule has 0 bridgehead atoms. The van der Waals surface area contributed by atoms with Gasteiger partial charge in [-0.25, -0.2) is 9.50 Å². The minimum Gasteiger partial charge on any atom is -0.258 e. The molecule has 1 aromatic carbocycles. The van der Waals surface area contributed by atoms with Crippen LogP contribution in [0.4, 0.5) is 5.69 Å². The van der Waals surface area contributed by atoms with Gasteiger partial charge in [-0.05, 0) is 18.2 Å². The zero-order valence-corrected chi connectivity index (χ0v) is 10.3. The van der Waals surface area contributed by atoms with E-state index in [1.54, 1.807) is 36.5 Å². The highest BCUT2D eigenvalue weighted by molar-refractivity contribution is 6.33. The average molecular weight is 275 g/mol. The highest BCUT2D eigenvalue weighted by Crippen LogP contribution is 2.27. The van der Waals surface area contributed by atoms with Crippen molar-refractivity contribution >= 4 is 22.9 Å². The number of nitrogens with zero attached hydrogens (tertiary/aromatic N) is 4. The number of fused-ring (bicyclic) bond motifs is 1. The number of hydrogen-bond donors (Lipinski definition) is 0. The molecule has 6 nitrogen and oxygen atoms in total. The molecule has 0 N–H and O–H groups in total. The molecule has 0 atom stereocenters. The van der Waals surface area contributed by atoms with E-state index in [0.717, 1.165) is 0 Å². The van der Waals surface area contributed by atoms with Crippen LogP contribution in [0, 0.1) is 10.1 Å². The molecule has 0 unspecified atom stereocenters. The van der Waals surface area contributed by atoms with E-state index in [9.17, 15) is 10.1 Å². The molecule has 0 aliphatic heterocycles. The van der Waals surface area contributed by atoms with Crippen LogP contribution in [0.2, 0.25) is 5.02 Å². The van der Waals surface area contributed by atoms with Crippen molar-refractivity contribution in [3.8, 4) is 11.4 Å². The second kappa shape index (κ2) is 4.33. The molecule has 0 amide bonds. The van der Waals surface area contributed by atoms with Crippen molar-refractivity contribution in [2.75, 3.05) is 0 Å². The highest BCUT2D eigenvalue weighted by Gasteiger charge is 2.17. The number of rotatable bonds is 2. The normalized spacial score (nSPS) is 10.8. The number of nitro groups is 1. The summed E-state index contributed by atoms with van der Waals surface area (Å²) in [7, 11) is 0. The van der Waals surface area contributed by atoms with Crippen molar-refractivity contribution in [1.29, 1.82) is 0 Å². The summed E-state index contributed by atoms with van der Waals surface area (Å²) in [5.41, 5.74) is 0.748. The lowest BCUT2D eigenvalue weighted by Crippen LogP contribution is -1.93. The lowest BCUT2D eigenvalue weighted by molar-refractivity contribution is -0.383. The second-order valence-electron chi connectivity index (χ2n) is 3.83. The van der Waals surface area contributed by atoms with E-state index in [4.69, 9.17) is 11.6 Å². The molecule has 94 valence electrons. The lowest BCUT2D eigenvalue weighted by atomic mass is 10.2. The molecule has 0 aliphatic rings. The second-order valence-corrected chi connectivity index (χ2v) is 4.24. The minimum absolute atomic E-state index is 0.0895. The fraction of sp³-hybridized carbons (Fsp3) is 0. The van der Waals surface area contributed by atoms with E-state index in [0.29, 0.717) is 16.4 Å². The summed E-state index contributed by atoms with van der Waals surface area (Å²) in [6.45, 7) is 0. The van der Waals surface area contributed by atoms with Gasteiger partial charge in [0.15, 0.2) is 5.82 Å². The maximum absolute atomic E-state index is 10.9. The van der Waals surface area contributed by atoms with Gasteiger partial charge in [0.25, 0.3) is 0 Å². The molecule has 2 heterocycles. The number of aromatic nitrogens is 3. The summed E-state index contributed by atoms with van der Waals surface area (Å²) in [6.07, 6.45) is 1.61. The summed E-state index contributed by atoms with van der Waals surface area (Å²) < 4.78 is 1.37. The quantitative estimate of drug-likeness (QED) is 0.532. The number of benzene rings is 1. The molecule has 0 saturated heterocycles. The number of halogens is 1. The van der Waals surface area contributed by atoms with Crippen LogP contribution in [0.1, 0.15) is 0 Å². The van der Waals surface area contributed by atoms with Gasteiger partial charge in [0.05, 0.1) is 9.95 Å². The van der Waals surface area contributed by atoms with Gasteiger partial charge in [-0.15, -0.1) is 5.10 Å². The largest absolute Gasteiger partial charge is 0.313 e. The smallest absolute Gasteiger partial charge is 0.258 e. The van der Waals surface area contributed by atoms with Gasteiger partial charge in [-0.1, -0.05) is 23.7 Å². The van der Waals surface area contributed by atoms with Crippen LogP contribution in [0.3, 0.4) is 0 Å². The summed E-state index contributed by atoms with van der Waals surface area (Å²) >= 11 is 6.07. The Bertz CT molecular complexity index is 784. The summed E-state index contributed by atoms with van der Waals surface area (Å²) in [5, 5.41) is 15.6. The monoisotopic (exact) mass is 274 g/mol. The van der Waals surface area contributed by atoms with Crippen LogP contribution < -0.4 is 0 Å². The van der Waals surface area contributed by atoms with Crippen LogP contribution in [-0.4, -0.2) is 19.5 Å². The molecular formula is C12H7ClN4O2. The van der Waals surface area contributed by atoms with Gasteiger partial charge < -0.3 is 0 Å². The maximum Gasteiger partial charge on any atom is 0.313 e. The van der Waals surface area contributed by atoms with Crippen LogP contribution in [0.15, 0.2) is 42.6 Å². The topological polar surface area (TPSA) is 73.3 Å². The van der Waals surface area contributed by atoms with Crippen molar-refractivity contribution < 1.29 is 4.92 Å². The summed E-state index contributed by atoms with van der Waals surface area (Å²) in [6, 6.07) is 10.0. The first kappa shape index (κ1) is 11.6. The Hall–Kier alpha value is -2.47. The molecule has 0 spiro atoms. The van der Waals surface area contributed by atoms with E-state index < -0.39 is 4.92 Å². The fourth-order valence-corrected chi connectivity index (χ4v) is 2.01. The molecule has 0 saturated carbocycles. The Kier molecular flexibility index (Phi) is 2.64. The minimum atomic E-state index is -0.486. The van der Waals surface area contributed by atoms with Crippen molar-refractivity contribution in [2.24, 2.45) is 0 Å². The first-order valence-electron chi connectivity index (χ1n) is 5.41. The number of pyridine rings is 1. The van der Waals surface area contributed by atoms with Gasteiger partial charge >= 0.3 is 5.69 Å². The molecule has 19 heavy (non-hydrogen) atoms. The Balaban J connectivity index is 2.26. The van der Waals surface area contributed by atoms with Crippen LogP contribution in [0.25, 0.3) is 17.0 Å². The van der Waals surface area contributed by atoms with Crippen molar-refractivity contribution in [1.82, 2.24) is 14.6 Å². The van der Waals surface area contributed by atoms with E-state index in [1.165, 1.54) is 10.6 Å². The predicted molar refractivity (Wildman–Crippen MR) is 70.1 cm³/mol.